The monoisotopic (exact) mass is 146 g/mol. The van der Waals surface area contributed by atoms with Gasteiger partial charge in [0.25, 0.3) is 0 Å². The van der Waals surface area contributed by atoms with Gasteiger partial charge >= 0.3 is 8.80 Å². The van der Waals surface area contributed by atoms with Gasteiger partial charge in [-0.25, -0.2) is 0 Å². The van der Waals surface area contributed by atoms with Crippen molar-refractivity contribution in [1.82, 2.24) is 0 Å². The maximum absolute atomic E-state index is 5.08. The van der Waals surface area contributed by atoms with Gasteiger partial charge in [-0.1, -0.05) is 6.58 Å². The van der Waals surface area contributed by atoms with Crippen molar-refractivity contribution in [3.8, 4) is 0 Å². The van der Waals surface area contributed by atoms with Crippen LogP contribution in [0.5, 0.6) is 0 Å². The number of rotatable bonds is 4. The molecule has 52 valence electrons. The zero-order valence-electron chi connectivity index (χ0n) is 5.80. The minimum Gasteiger partial charge on any atom is -0.373 e. The van der Waals surface area contributed by atoms with Crippen molar-refractivity contribution in [3.05, 3.63) is 12.3 Å². The molecule has 0 heterocycles. The fraction of sp³-hybridized carbons (Fsp3) is 0.600. The van der Waals surface area contributed by atoms with Crippen LogP contribution in [0.2, 0.25) is 0 Å². The molecule has 9 heavy (non-hydrogen) atoms. The Bertz CT molecular complexity index is 81.9. The Morgan fingerprint density at radius 1 is 1.11 bits per heavy atom. The van der Waals surface area contributed by atoms with Crippen molar-refractivity contribution in [2.24, 2.45) is 0 Å². The van der Waals surface area contributed by atoms with E-state index in [4.69, 9.17) is 19.9 Å². The minimum atomic E-state index is -2.66. The lowest BCUT2D eigenvalue weighted by atomic mass is 11.3. The Labute approximate surface area is 56.6 Å². The standard InChI is InChI=1S/C5H10O3Si/c1-5-9(6-2,7-3)8-4/h1H,2-4H3. The molecule has 0 atom stereocenters. The fourth-order valence-corrected chi connectivity index (χ4v) is 1.28. The molecule has 0 aromatic carbocycles. The first-order valence-corrected chi connectivity index (χ1v) is 4.10. The molecule has 3 nitrogen and oxygen atoms in total. The molecule has 0 N–H and O–H groups in total. The highest BCUT2D eigenvalue weighted by Gasteiger charge is 2.34. The van der Waals surface area contributed by atoms with E-state index in [0.717, 1.165) is 0 Å². The third kappa shape index (κ3) is 1.91. The van der Waals surface area contributed by atoms with Crippen molar-refractivity contribution in [1.29, 1.82) is 0 Å². The van der Waals surface area contributed by atoms with Crippen LogP contribution < -0.4 is 0 Å². The Kier molecular flexibility index (Phi) is 3.72. The van der Waals surface area contributed by atoms with E-state index in [2.05, 4.69) is 5.70 Å². The van der Waals surface area contributed by atoms with Crippen LogP contribution in [-0.4, -0.2) is 30.1 Å². The average Bonchev–Trinajstić information content (AvgIpc) is 1.95. The lowest BCUT2D eigenvalue weighted by Crippen LogP contribution is -2.41. The minimum absolute atomic E-state index is 1.47. The molecule has 0 aromatic rings. The van der Waals surface area contributed by atoms with Crippen LogP contribution in [-0.2, 0) is 13.3 Å². The molecular formula is C5H10O3Si. The lowest BCUT2D eigenvalue weighted by Gasteiger charge is -2.18. The molecule has 0 saturated carbocycles. The van der Waals surface area contributed by atoms with E-state index in [0.29, 0.717) is 0 Å². The van der Waals surface area contributed by atoms with Crippen LogP contribution in [0.25, 0.3) is 0 Å². The molecule has 0 aliphatic rings. The summed E-state index contributed by atoms with van der Waals surface area (Å²) in [5.41, 5.74) is 2.34. The summed E-state index contributed by atoms with van der Waals surface area (Å²) in [7, 11) is 1.75. The molecule has 0 fully saturated rings. The maximum Gasteiger partial charge on any atom is 0.536 e. The van der Waals surface area contributed by atoms with Gasteiger partial charge in [0.15, 0.2) is 0 Å². The molecule has 0 unspecified atom stereocenters. The van der Waals surface area contributed by atoms with E-state index in [1.165, 1.54) is 21.3 Å². The molecule has 0 rings (SSSR count). The highest BCUT2D eigenvalue weighted by molar-refractivity contribution is 6.63. The van der Waals surface area contributed by atoms with Crippen LogP contribution >= 0.6 is 0 Å². The van der Waals surface area contributed by atoms with Gasteiger partial charge in [-0.15, -0.1) is 0 Å². The maximum atomic E-state index is 5.08. The van der Waals surface area contributed by atoms with Crippen molar-refractivity contribution in [2.75, 3.05) is 21.3 Å². The van der Waals surface area contributed by atoms with Gasteiger partial charge < -0.3 is 13.3 Å². The summed E-state index contributed by atoms with van der Waals surface area (Å²) in [4.78, 5) is 0. The summed E-state index contributed by atoms with van der Waals surface area (Å²) < 4.78 is 14.5. The molecular weight excluding hydrogens is 136 g/mol. The van der Waals surface area contributed by atoms with Crippen molar-refractivity contribution < 1.29 is 13.3 Å². The highest BCUT2D eigenvalue weighted by Crippen LogP contribution is 2.03. The third-order valence-corrected chi connectivity index (χ3v) is 2.95. The molecule has 0 saturated heterocycles. The molecule has 0 aliphatic heterocycles. The van der Waals surface area contributed by atoms with Gasteiger partial charge in [0.2, 0.25) is 0 Å². The van der Waals surface area contributed by atoms with E-state index in [9.17, 15) is 0 Å². The summed E-state index contributed by atoms with van der Waals surface area (Å²) in [5.74, 6) is 0. The Morgan fingerprint density at radius 2 is 1.44 bits per heavy atom. The number of hydrogen-bond acceptors (Lipinski definition) is 3. The van der Waals surface area contributed by atoms with Gasteiger partial charge in [0.05, 0.1) is 0 Å². The van der Waals surface area contributed by atoms with E-state index in [1.54, 1.807) is 0 Å². The van der Waals surface area contributed by atoms with Gasteiger partial charge in [-0.05, 0) is 0 Å². The first-order valence-electron chi connectivity index (χ1n) is 2.38. The van der Waals surface area contributed by atoms with Gasteiger partial charge in [-0.3, -0.25) is 0 Å². The summed E-state index contributed by atoms with van der Waals surface area (Å²) in [6, 6.07) is 0. The van der Waals surface area contributed by atoms with Crippen LogP contribution in [0.4, 0.5) is 0 Å². The van der Waals surface area contributed by atoms with Gasteiger partial charge in [0.1, 0.15) is 0 Å². The summed E-state index contributed by atoms with van der Waals surface area (Å²) in [6.07, 6.45) is 0. The molecule has 0 spiro atoms. The topological polar surface area (TPSA) is 27.7 Å². The normalized spacial score (nSPS) is 11.4. The van der Waals surface area contributed by atoms with Crippen molar-refractivity contribution >= 4 is 8.80 Å². The zero-order valence-corrected chi connectivity index (χ0v) is 6.80. The zero-order chi connectivity index (χ0) is 7.33. The van der Waals surface area contributed by atoms with E-state index in [1.807, 2.05) is 0 Å². The van der Waals surface area contributed by atoms with Crippen LogP contribution in [0, 0.1) is 12.3 Å². The van der Waals surface area contributed by atoms with E-state index >= 15 is 0 Å². The van der Waals surface area contributed by atoms with Gasteiger partial charge in [0, 0.05) is 27.0 Å². The second-order valence-electron chi connectivity index (χ2n) is 1.31. The average molecular weight is 146 g/mol. The lowest BCUT2D eigenvalue weighted by molar-refractivity contribution is 0.136. The molecule has 4 heteroatoms. The molecule has 0 bridgehead atoms. The molecule has 0 aliphatic carbocycles. The SMILES string of the molecule is [CH]=[C][Si](OC)(OC)OC. The van der Waals surface area contributed by atoms with Crippen LogP contribution in [0.1, 0.15) is 0 Å². The quantitative estimate of drug-likeness (QED) is 0.530. The Morgan fingerprint density at radius 3 is 1.44 bits per heavy atom. The van der Waals surface area contributed by atoms with Crippen molar-refractivity contribution in [3.63, 3.8) is 0 Å². The largest absolute Gasteiger partial charge is 0.536 e. The molecule has 0 aromatic heterocycles. The Balaban J connectivity index is 3.98. The summed E-state index contributed by atoms with van der Waals surface area (Å²) in [6.45, 7) is 5.08. The smallest absolute Gasteiger partial charge is 0.373 e. The predicted molar refractivity (Wildman–Crippen MR) is 34.3 cm³/mol. The first kappa shape index (κ1) is 8.84. The predicted octanol–water partition coefficient (Wildman–Crippen LogP) is 0.196. The highest BCUT2D eigenvalue weighted by atomic mass is 28.4. The summed E-state index contributed by atoms with van der Waals surface area (Å²) in [5, 5.41) is 0. The van der Waals surface area contributed by atoms with E-state index < -0.39 is 8.80 Å². The molecule has 0 amide bonds. The molecule has 2 radical (unpaired) electrons. The van der Waals surface area contributed by atoms with Gasteiger partial charge in [-0.2, -0.15) is 0 Å². The van der Waals surface area contributed by atoms with Crippen LogP contribution in [0.3, 0.4) is 0 Å². The second kappa shape index (κ2) is 3.79. The van der Waals surface area contributed by atoms with Crippen LogP contribution in [0.15, 0.2) is 0 Å². The second-order valence-corrected chi connectivity index (χ2v) is 3.94. The third-order valence-electron chi connectivity index (χ3n) is 0.983. The van der Waals surface area contributed by atoms with E-state index in [-0.39, 0.29) is 0 Å². The van der Waals surface area contributed by atoms with Crippen molar-refractivity contribution in [2.45, 2.75) is 0 Å². The summed E-state index contributed by atoms with van der Waals surface area (Å²) >= 11 is 0. The fourth-order valence-electron chi connectivity index (χ4n) is 0.427. The Hall–Kier alpha value is -0.163. The number of hydrogen-bond donors (Lipinski definition) is 0. The first-order chi connectivity index (χ1) is 4.24.